The summed E-state index contributed by atoms with van der Waals surface area (Å²) in [6.45, 7) is 3.62. The molecular formula is C22H27N3O3. The van der Waals surface area contributed by atoms with E-state index in [4.69, 9.17) is 4.74 Å². The van der Waals surface area contributed by atoms with Gasteiger partial charge in [0.2, 0.25) is 0 Å². The predicted octanol–water partition coefficient (Wildman–Crippen LogP) is 3.61. The standard InChI is InChI=1S/C22H27N3O3/c1-12-18-7-17(11-23-20(18)25(3)24-12)21(27)28-13(2)19(26)22-8-14-4-15(9-22)6-16(5-14)10-22/h7,11,13-16H,4-6,8-10H2,1-3H3. The Hall–Kier alpha value is -2.24. The van der Waals surface area contributed by atoms with Crippen LogP contribution in [0.25, 0.3) is 11.0 Å². The first kappa shape index (κ1) is 17.8. The van der Waals surface area contributed by atoms with E-state index in [0.717, 1.165) is 36.0 Å². The monoisotopic (exact) mass is 381 g/mol. The third-order valence-corrected chi connectivity index (χ3v) is 7.31. The van der Waals surface area contributed by atoms with Gasteiger partial charge in [-0.05, 0) is 76.2 Å². The minimum Gasteiger partial charge on any atom is -0.451 e. The van der Waals surface area contributed by atoms with E-state index in [1.807, 2.05) is 14.0 Å². The van der Waals surface area contributed by atoms with Gasteiger partial charge in [0, 0.05) is 24.0 Å². The SMILES string of the molecule is Cc1nn(C)c2ncc(C(=O)OC(C)C(=O)C34CC5CC(CC(C5)C3)C4)cc12. The average molecular weight is 381 g/mol. The lowest BCUT2D eigenvalue weighted by molar-refractivity contribution is -0.152. The third-order valence-electron chi connectivity index (χ3n) is 7.31. The third kappa shape index (κ3) is 2.68. The zero-order valence-electron chi connectivity index (χ0n) is 16.8. The molecule has 28 heavy (non-hydrogen) atoms. The maximum absolute atomic E-state index is 13.3. The zero-order valence-corrected chi connectivity index (χ0v) is 16.8. The predicted molar refractivity (Wildman–Crippen MR) is 104 cm³/mol. The Labute approximate surface area is 164 Å². The van der Waals surface area contributed by atoms with Crippen molar-refractivity contribution in [2.45, 2.75) is 58.5 Å². The quantitative estimate of drug-likeness (QED) is 0.757. The van der Waals surface area contributed by atoms with Crippen molar-refractivity contribution < 1.29 is 14.3 Å². The fourth-order valence-electron chi connectivity index (χ4n) is 6.55. The van der Waals surface area contributed by atoms with Crippen LogP contribution < -0.4 is 0 Å². The van der Waals surface area contributed by atoms with E-state index in [9.17, 15) is 9.59 Å². The summed E-state index contributed by atoms with van der Waals surface area (Å²) in [6, 6.07) is 1.76. The van der Waals surface area contributed by atoms with E-state index in [-0.39, 0.29) is 11.2 Å². The first-order chi connectivity index (χ1) is 13.3. The summed E-state index contributed by atoms with van der Waals surface area (Å²) in [5, 5.41) is 5.16. The van der Waals surface area contributed by atoms with E-state index in [0.29, 0.717) is 23.3 Å². The highest BCUT2D eigenvalue weighted by Gasteiger charge is 2.55. The summed E-state index contributed by atoms with van der Waals surface area (Å²) in [5.41, 5.74) is 1.66. The Morgan fingerprint density at radius 2 is 1.79 bits per heavy atom. The number of pyridine rings is 1. The molecule has 6 rings (SSSR count). The van der Waals surface area contributed by atoms with E-state index < -0.39 is 12.1 Å². The second kappa shape index (κ2) is 6.13. The lowest BCUT2D eigenvalue weighted by Gasteiger charge is -2.56. The number of hydrogen-bond acceptors (Lipinski definition) is 5. The normalized spacial score (nSPS) is 31.9. The highest BCUT2D eigenvalue weighted by atomic mass is 16.5. The Kier molecular flexibility index (Phi) is 3.90. The number of aromatic nitrogens is 3. The number of esters is 1. The van der Waals surface area contributed by atoms with E-state index in [1.165, 1.54) is 25.5 Å². The van der Waals surface area contributed by atoms with Crippen molar-refractivity contribution in [1.82, 2.24) is 14.8 Å². The molecule has 4 fully saturated rings. The fourth-order valence-corrected chi connectivity index (χ4v) is 6.55. The van der Waals surface area contributed by atoms with E-state index >= 15 is 0 Å². The molecule has 148 valence electrons. The first-order valence-electron chi connectivity index (χ1n) is 10.4. The van der Waals surface area contributed by atoms with Crippen molar-refractivity contribution in [2.24, 2.45) is 30.2 Å². The number of ketones is 1. The van der Waals surface area contributed by atoms with Crippen LogP contribution in [0.1, 0.15) is 61.5 Å². The Balaban J connectivity index is 1.34. The number of ether oxygens (including phenoxy) is 1. The van der Waals surface area contributed by atoms with E-state index in [2.05, 4.69) is 10.1 Å². The largest absolute Gasteiger partial charge is 0.451 e. The number of carbonyl (C=O) groups is 2. The first-order valence-corrected chi connectivity index (χ1v) is 10.4. The topological polar surface area (TPSA) is 74.1 Å². The van der Waals surface area contributed by atoms with Gasteiger partial charge < -0.3 is 4.74 Å². The molecule has 4 saturated carbocycles. The van der Waals surface area contributed by atoms with Crippen molar-refractivity contribution in [3.8, 4) is 0 Å². The molecule has 0 radical (unpaired) electrons. The van der Waals surface area contributed by atoms with Crippen LogP contribution in [0, 0.1) is 30.1 Å². The molecule has 0 aliphatic heterocycles. The molecule has 6 nitrogen and oxygen atoms in total. The summed E-state index contributed by atoms with van der Waals surface area (Å²) in [6.07, 6.45) is 7.62. The van der Waals surface area contributed by atoms with Gasteiger partial charge in [-0.25, -0.2) is 9.78 Å². The molecule has 0 spiro atoms. The van der Waals surface area contributed by atoms with Crippen LogP contribution in [-0.4, -0.2) is 32.6 Å². The van der Waals surface area contributed by atoms with Crippen molar-refractivity contribution in [3.63, 3.8) is 0 Å². The van der Waals surface area contributed by atoms with Crippen LogP contribution in [0.3, 0.4) is 0 Å². The highest BCUT2D eigenvalue weighted by Crippen LogP contribution is 2.60. The molecule has 0 amide bonds. The van der Waals surface area contributed by atoms with Crippen LogP contribution in [0.5, 0.6) is 0 Å². The van der Waals surface area contributed by atoms with Gasteiger partial charge in [-0.15, -0.1) is 0 Å². The van der Waals surface area contributed by atoms with Gasteiger partial charge in [-0.3, -0.25) is 9.48 Å². The molecule has 4 bridgehead atoms. The molecule has 0 saturated heterocycles. The molecule has 0 aromatic carbocycles. The van der Waals surface area contributed by atoms with Gasteiger partial charge in [0.1, 0.15) is 0 Å². The minimum absolute atomic E-state index is 0.131. The van der Waals surface area contributed by atoms with Gasteiger partial charge in [0.05, 0.1) is 11.3 Å². The number of Topliss-reactive ketones (excluding diaryl/α,β-unsaturated/α-hetero) is 1. The molecule has 4 aliphatic carbocycles. The van der Waals surface area contributed by atoms with Gasteiger partial charge in [0.15, 0.2) is 17.5 Å². The summed E-state index contributed by atoms with van der Waals surface area (Å²) >= 11 is 0. The molecule has 1 atom stereocenters. The average Bonchev–Trinajstić information content (AvgIpc) is 2.93. The lowest BCUT2D eigenvalue weighted by Crippen LogP contribution is -2.52. The van der Waals surface area contributed by atoms with Gasteiger partial charge in [-0.2, -0.15) is 5.10 Å². The molecule has 6 heteroatoms. The fraction of sp³-hybridized carbons (Fsp3) is 0.636. The number of fused-ring (bicyclic) bond motifs is 1. The Bertz CT molecular complexity index is 942. The molecule has 0 N–H and O–H groups in total. The summed E-state index contributed by atoms with van der Waals surface area (Å²) in [5.74, 6) is 1.73. The van der Waals surface area contributed by atoms with Crippen LogP contribution in [0.4, 0.5) is 0 Å². The number of nitrogens with zero attached hydrogens (tertiary/aromatic N) is 3. The van der Waals surface area contributed by atoms with Crippen molar-refractivity contribution in [3.05, 3.63) is 23.5 Å². The molecule has 2 aromatic rings. The molecule has 1 unspecified atom stereocenters. The van der Waals surface area contributed by atoms with Crippen LogP contribution in [0.15, 0.2) is 12.3 Å². The molecular weight excluding hydrogens is 354 g/mol. The number of carbonyl (C=O) groups excluding carboxylic acids is 2. The maximum atomic E-state index is 13.3. The van der Waals surface area contributed by atoms with Crippen molar-refractivity contribution in [1.29, 1.82) is 0 Å². The lowest BCUT2D eigenvalue weighted by atomic mass is 9.48. The summed E-state index contributed by atoms with van der Waals surface area (Å²) < 4.78 is 7.32. The van der Waals surface area contributed by atoms with Crippen LogP contribution in [0.2, 0.25) is 0 Å². The van der Waals surface area contributed by atoms with Crippen molar-refractivity contribution >= 4 is 22.8 Å². The van der Waals surface area contributed by atoms with Gasteiger partial charge in [0.25, 0.3) is 0 Å². The van der Waals surface area contributed by atoms with Gasteiger partial charge in [-0.1, -0.05) is 0 Å². The van der Waals surface area contributed by atoms with Gasteiger partial charge >= 0.3 is 5.97 Å². The minimum atomic E-state index is -0.713. The molecule has 2 heterocycles. The smallest absolute Gasteiger partial charge is 0.340 e. The second-order valence-corrected chi connectivity index (χ2v) is 9.41. The number of rotatable bonds is 4. The number of aryl methyl sites for hydroxylation is 2. The van der Waals surface area contributed by atoms with Crippen molar-refractivity contribution in [2.75, 3.05) is 0 Å². The number of hydrogen-bond donors (Lipinski definition) is 0. The highest BCUT2D eigenvalue weighted by molar-refractivity contribution is 5.96. The van der Waals surface area contributed by atoms with Crippen LogP contribution in [-0.2, 0) is 16.6 Å². The molecule has 4 aliphatic rings. The van der Waals surface area contributed by atoms with Crippen LogP contribution >= 0.6 is 0 Å². The second-order valence-electron chi connectivity index (χ2n) is 9.41. The van der Waals surface area contributed by atoms with E-state index in [1.54, 1.807) is 17.7 Å². The Morgan fingerprint density at radius 3 is 2.39 bits per heavy atom. The summed E-state index contributed by atoms with van der Waals surface area (Å²) in [4.78, 5) is 30.4. The molecule has 2 aromatic heterocycles. The zero-order chi connectivity index (χ0) is 19.6. The Morgan fingerprint density at radius 1 is 1.18 bits per heavy atom. The summed E-state index contributed by atoms with van der Waals surface area (Å²) in [7, 11) is 1.83. The maximum Gasteiger partial charge on any atom is 0.340 e.